The Morgan fingerprint density at radius 2 is 1.90 bits per heavy atom. The van der Waals surface area contributed by atoms with Crippen LogP contribution in [0.2, 0.25) is 5.02 Å². The topological polar surface area (TPSA) is 60.0 Å². The summed E-state index contributed by atoms with van der Waals surface area (Å²) in [5.74, 6) is 0.870. The molecule has 0 aliphatic rings. The number of aryl methyl sites for hydroxylation is 1. The summed E-state index contributed by atoms with van der Waals surface area (Å²) >= 11 is 6.05. The molecule has 0 aliphatic carbocycles. The highest BCUT2D eigenvalue weighted by molar-refractivity contribution is 6.30. The number of para-hydroxylation sites is 1. The Morgan fingerprint density at radius 1 is 1.03 bits per heavy atom. The first-order valence-electron chi connectivity index (χ1n) is 9.51. The summed E-state index contributed by atoms with van der Waals surface area (Å²) in [7, 11) is 0. The maximum Gasteiger partial charge on any atom is 0.165 e. The molecular weight excluding hydrogens is 384 g/mol. The summed E-state index contributed by atoms with van der Waals surface area (Å²) in [6, 6.07) is 15.9. The van der Waals surface area contributed by atoms with Crippen molar-refractivity contribution < 1.29 is 0 Å². The van der Waals surface area contributed by atoms with Gasteiger partial charge in [-0.2, -0.15) is 5.10 Å². The van der Waals surface area contributed by atoms with E-state index in [1.165, 1.54) is 0 Å². The fraction of sp³-hybridized carbons (Fsp3) is 0.136. The van der Waals surface area contributed by atoms with Crippen LogP contribution in [0.4, 0.5) is 5.82 Å². The quantitative estimate of drug-likeness (QED) is 0.410. The van der Waals surface area contributed by atoms with E-state index in [9.17, 15) is 0 Å². The Balaban J connectivity index is 1.51. The highest BCUT2D eigenvalue weighted by atomic mass is 35.5. The molecule has 0 bridgehead atoms. The van der Waals surface area contributed by atoms with Crippen molar-refractivity contribution in [1.82, 2.24) is 24.1 Å². The average molecular weight is 403 g/mol. The van der Waals surface area contributed by atoms with Crippen molar-refractivity contribution in [3.63, 3.8) is 0 Å². The molecule has 1 N–H and O–H groups in total. The smallest absolute Gasteiger partial charge is 0.165 e. The number of imidazole rings is 1. The van der Waals surface area contributed by atoms with Gasteiger partial charge in [0.25, 0.3) is 0 Å². The van der Waals surface area contributed by atoms with Crippen LogP contribution in [0.1, 0.15) is 6.42 Å². The number of nitrogens with one attached hydrogen (secondary N) is 1. The van der Waals surface area contributed by atoms with Gasteiger partial charge < -0.3 is 9.88 Å². The van der Waals surface area contributed by atoms with Crippen LogP contribution in [0.15, 0.2) is 73.4 Å². The van der Waals surface area contributed by atoms with Crippen LogP contribution in [0.3, 0.4) is 0 Å². The molecule has 0 saturated carbocycles. The van der Waals surface area contributed by atoms with Crippen LogP contribution in [-0.2, 0) is 6.54 Å². The van der Waals surface area contributed by atoms with Gasteiger partial charge in [-0.25, -0.2) is 14.5 Å². The number of fused-ring (bicyclic) bond motifs is 3. The number of halogens is 1. The third kappa shape index (κ3) is 3.43. The summed E-state index contributed by atoms with van der Waals surface area (Å²) in [6.45, 7) is 1.73. The van der Waals surface area contributed by atoms with E-state index in [0.29, 0.717) is 5.02 Å². The molecule has 144 valence electrons. The lowest BCUT2D eigenvalue weighted by Crippen LogP contribution is -2.08. The molecule has 7 heteroatoms. The molecule has 5 aromatic rings. The highest BCUT2D eigenvalue weighted by Crippen LogP contribution is 2.30. The van der Waals surface area contributed by atoms with Gasteiger partial charge in [0, 0.05) is 41.5 Å². The maximum atomic E-state index is 6.05. The zero-order valence-electron chi connectivity index (χ0n) is 15.7. The standard InChI is InChI=1S/C22H19ClN6/c23-17-8-6-16(7-9-17)19-14-26-29-20-5-2-1-4-18(20)21(27-22(19)29)25-10-3-12-28-13-11-24-15-28/h1-2,4-9,11,13-15H,3,10,12H2,(H,25,27). The van der Waals surface area contributed by atoms with Gasteiger partial charge in [0.2, 0.25) is 0 Å². The second-order valence-electron chi connectivity index (χ2n) is 6.86. The molecule has 0 fully saturated rings. The SMILES string of the molecule is Clc1ccc(-c2cnn3c2nc(NCCCn2ccnc2)c2ccccc23)cc1. The predicted octanol–water partition coefficient (Wildman–Crippen LogP) is 4.90. The molecule has 0 amide bonds. The Hall–Kier alpha value is -3.38. The van der Waals surface area contributed by atoms with E-state index in [1.54, 1.807) is 6.20 Å². The Bertz CT molecular complexity index is 1260. The van der Waals surface area contributed by atoms with Crippen molar-refractivity contribution in [2.24, 2.45) is 0 Å². The number of hydrogen-bond donors (Lipinski definition) is 1. The van der Waals surface area contributed by atoms with E-state index in [4.69, 9.17) is 16.6 Å². The average Bonchev–Trinajstić information content (AvgIpc) is 3.42. The van der Waals surface area contributed by atoms with E-state index < -0.39 is 0 Å². The normalized spacial score (nSPS) is 11.3. The molecule has 0 unspecified atom stereocenters. The predicted molar refractivity (Wildman–Crippen MR) is 116 cm³/mol. The number of hydrogen-bond acceptors (Lipinski definition) is 4. The van der Waals surface area contributed by atoms with Crippen LogP contribution in [0.5, 0.6) is 0 Å². The monoisotopic (exact) mass is 402 g/mol. The Labute approximate surface area is 172 Å². The van der Waals surface area contributed by atoms with Crippen LogP contribution < -0.4 is 5.32 Å². The molecule has 29 heavy (non-hydrogen) atoms. The largest absolute Gasteiger partial charge is 0.369 e. The summed E-state index contributed by atoms with van der Waals surface area (Å²) in [4.78, 5) is 9.02. The third-order valence-electron chi connectivity index (χ3n) is 4.95. The summed E-state index contributed by atoms with van der Waals surface area (Å²) in [6.07, 6.45) is 8.45. The van der Waals surface area contributed by atoms with E-state index >= 15 is 0 Å². The Morgan fingerprint density at radius 3 is 2.72 bits per heavy atom. The highest BCUT2D eigenvalue weighted by Gasteiger charge is 2.14. The first-order chi connectivity index (χ1) is 14.3. The summed E-state index contributed by atoms with van der Waals surface area (Å²) in [5.41, 5.74) is 3.87. The molecule has 6 nitrogen and oxygen atoms in total. The summed E-state index contributed by atoms with van der Waals surface area (Å²) < 4.78 is 3.97. The van der Waals surface area contributed by atoms with Crippen molar-refractivity contribution >= 4 is 34.0 Å². The number of aromatic nitrogens is 5. The zero-order chi connectivity index (χ0) is 19.6. The van der Waals surface area contributed by atoms with Gasteiger partial charge in [-0.15, -0.1) is 0 Å². The van der Waals surface area contributed by atoms with Gasteiger partial charge in [-0.1, -0.05) is 35.9 Å². The molecule has 3 aromatic heterocycles. The Kier molecular flexibility index (Phi) is 4.62. The first kappa shape index (κ1) is 17.7. The minimum atomic E-state index is 0.712. The number of nitrogens with zero attached hydrogens (tertiary/aromatic N) is 5. The molecule has 0 atom stereocenters. The first-order valence-corrected chi connectivity index (χ1v) is 9.89. The molecule has 0 spiro atoms. The van der Waals surface area contributed by atoms with E-state index in [2.05, 4.69) is 32.1 Å². The fourth-order valence-electron chi connectivity index (χ4n) is 3.51. The number of anilines is 1. The molecular formula is C22H19ClN6. The van der Waals surface area contributed by atoms with E-state index in [1.807, 2.05) is 59.6 Å². The molecule has 0 radical (unpaired) electrons. The zero-order valence-corrected chi connectivity index (χ0v) is 16.4. The van der Waals surface area contributed by atoms with Crippen molar-refractivity contribution in [3.8, 4) is 11.1 Å². The van der Waals surface area contributed by atoms with Gasteiger partial charge in [-0.3, -0.25) is 0 Å². The second-order valence-corrected chi connectivity index (χ2v) is 7.30. The second kappa shape index (κ2) is 7.56. The van der Waals surface area contributed by atoms with Crippen LogP contribution in [0, 0.1) is 0 Å². The molecule has 0 aliphatic heterocycles. The molecule has 5 rings (SSSR count). The lowest BCUT2D eigenvalue weighted by atomic mass is 10.1. The van der Waals surface area contributed by atoms with Crippen LogP contribution >= 0.6 is 11.6 Å². The van der Waals surface area contributed by atoms with Gasteiger partial charge in [0.1, 0.15) is 5.82 Å². The van der Waals surface area contributed by atoms with Crippen molar-refractivity contribution in [2.45, 2.75) is 13.0 Å². The molecule has 3 heterocycles. The summed E-state index contributed by atoms with van der Waals surface area (Å²) in [5, 5.41) is 9.87. The fourth-order valence-corrected chi connectivity index (χ4v) is 3.63. The molecule has 0 saturated heterocycles. The number of rotatable bonds is 6. The van der Waals surface area contributed by atoms with Gasteiger partial charge in [-0.05, 0) is 36.2 Å². The minimum Gasteiger partial charge on any atom is -0.369 e. The van der Waals surface area contributed by atoms with Crippen molar-refractivity contribution in [3.05, 3.63) is 78.5 Å². The van der Waals surface area contributed by atoms with Crippen LogP contribution in [0.25, 0.3) is 27.7 Å². The van der Waals surface area contributed by atoms with Crippen molar-refractivity contribution in [2.75, 3.05) is 11.9 Å². The van der Waals surface area contributed by atoms with Crippen LogP contribution in [-0.4, -0.2) is 30.7 Å². The maximum absolute atomic E-state index is 6.05. The van der Waals surface area contributed by atoms with Gasteiger partial charge >= 0.3 is 0 Å². The third-order valence-corrected chi connectivity index (χ3v) is 5.20. The van der Waals surface area contributed by atoms with E-state index in [0.717, 1.165) is 53.0 Å². The molecule has 2 aromatic carbocycles. The lowest BCUT2D eigenvalue weighted by molar-refractivity contribution is 0.660. The number of benzene rings is 2. The van der Waals surface area contributed by atoms with E-state index in [-0.39, 0.29) is 0 Å². The van der Waals surface area contributed by atoms with Crippen molar-refractivity contribution in [1.29, 1.82) is 0 Å². The lowest BCUT2D eigenvalue weighted by Gasteiger charge is -2.11. The van der Waals surface area contributed by atoms with Gasteiger partial charge in [0.15, 0.2) is 5.65 Å². The minimum absolute atomic E-state index is 0.712. The van der Waals surface area contributed by atoms with Gasteiger partial charge in [0.05, 0.1) is 18.0 Å².